The molecule has 0 aliphatic rings. The van der Waals surface area contributed by atoms with Crippen molar-refractivity contribution in [1.29, 1.82) is 0 Å². The third kappa shape index (κ3) is 6.22. The lowest BCUT2D eigenvalue weighted by Gasteiger charge is -2.27. The van der Waals surface area contributed by atoms with Gasteiger partial charge in [-0.15, -0.1) is 0 Å². The van der Waals surface area contributed by atoms with Crippen molar-refractivity contribution in [1.82, 2.24) is 5.32 Å². The molecule has 1 atom stereocenters. The smallest absolute Gasteiger partial charge is 0.410 e. The highest BCUT2D eigenvalue weighted by atomic mass is 79.9. The lowest BCUT2D eigenvalue weighted by atomic mass is 10.3. The van der Waals surface area contributed by atoms with Crippen molar-refractivity contribution in [2.75, 3.05) is 5.32 Å². The summed E-state index contributed by atoms with van der Waals surface area (Å²) < 4.78 is 4.20. The number of hydrogen-bond donors (Lipinski definition) is 2. The summed E-state index contributed by atoms with van der Waals surface area (Å²) in [5.74, 6) is 0.352. The van der Waals surface area contributed by atoms with E-state index in [4.69, 9.17) is 51.1 Å². The summed E-state index contributed by atoms with van der Waals surface area (Å²) in [5.41, 5.74) is 0.611. The Kier molecular flexibility index (Phi) is 6.89. The number of nitrogens with one attached hydrogen (secondary N) is 2. The van der Waals surface area contributed by atoms with E-state index < -0.39 is 16.1 Å². The fourth-order valence-electron chi connectivity index (χ4n) is 1.67. The average molecular weight is 473 g/mol. The first kappa shape index (κ1) is 19.5. The van der Waals surface area contributed by atoms with Gasteiger partial charge in [0, 0.05) is 15.2 Å². The van der Waals surface area contributed by atoms with Crippen LogP contribution in [0.25, 0.3) is 0 Å². The number of rotatable bonds is 4. The van der Waals surface area contributed by atoms with E-state index in [2.05, 4.69) is 26.6 Å². The van der Waals surface area contributed by atoms with Gasteiger partial charge in [-0.3, -0.25) is 5.32 Å². The molecule has 0 heterocycles. The van der Waals surface area contributed by atoms with Crippen LogP contribution in [-0.2, 0) is 0 Å². The molecule has 0 saturated heterocycles. The molecule has 0 fully saturated rings. The monoisotopic (exact) mass is 470 g/mol. The van der Waals surface area contributed by atoms with Crippen LogP contribution in [0.4, 0.5) is 10.5 Å². The second kappa shape index (κ2) is 8.50. The summed E-state index contributed by atoms with van der Waals surface area (Å²) in [6.45, 7) is 0. The highest BCUT2D eigenvalue weighted by Crippen LogP contribution is 2.31. The maximum Gasteiger partial charge on any atom is 0.414 e. The Morgan fingerprint density at radius 2 is 1.62 bits per heavy atom. The van der Waals surface area contributed by atoms with Gasteiger partial charge in [0.25, 0.3) is 0 Å². The molecular weight excluding hydrogens is 462 g/mol. The van der Waals surface area contributed by atoms with Crippen LogP contribution in [0.3, 0.4) is 0 Å². The molecule has 4 nitrogen and oxygen atoms in total. The van der Waals surface area contributed by atoms with Crippen LogP contribution in [0.1, 0.15) is 0 Å². The van der Waals surface area contributed by atoms with Crippen LogP contribution < -0.4 is 15.4 Å². The van der Waals surface area contributed by atoms with Crippen LogP contribution >= 0.6 is 62.3 Å². The fourth-order valence-corrected chi connectivity index (χ4v) is 2.39. The Hall–Kier alpha value is -0.850. The molecule has 0 aliphatic heterocycles. The number of hydrogen-bond acceptors (Lipinski definition) is 3. The van der Waals surface area contributed by atoms with Crippen LogP contribution in [0, 0.1) is 0 Å². The maximum atomic E-state index is 12.0. The van der Waals surface area contributed by atoms with Crippen LogP contribution in [0.2, 0.25) is 5.02 Å². The summed E-state index contributed by atoms with van der Waals surface area (Å²) in [6, 6.07) is 13.4. The van der Waals surface area contributed by atoms with Crippen LogP contribution in [-0.4, -0.2) is 16.1 Å². The maximum absolute atomic E-state index is 12.0. The first-order valence-electron chi connectivity index (χ1n) is 6.57. The van der Waals surface area contributed by atoms with Crippen LogP contribution in [0.5, 0.6) is 5.75 Å². The van der Waals surface area contributed by atoms with Gasteiger partial charge in [0.05, 0.1) is 0 Å². The predicted molar refractivity (Wildman–Crippen MR) is 102 cm³/mol. The van der Waals surface area contributed by atoms with E-state index in [0.29, 0.717) is 16.5 Å². The Labute approximate surface area is 167 Å². The number of amides is 1. The zero-order valence-corrected chi connectivity index (χ0v) is 16.5. The third-order valence-corrected chi connectivity index (χ3v) is 4.20. The van der Waals surface area contributed by atoms with Gasteiger partial charge in [-0.05, 0) is 48.5 Å². The van der Waals surface area contributed by atoms with Gasteiger partial charge in [0.1, 0.15) is 11.9 Å². The number of halogens is 5. The fraction of sp³-hybridized carbons (Fsp3) is 0.133. The van der Waals surface area contributed by atoms with E-state index >= 15 is 0 Å². The van der Waals surface area contributed by atoms with Gasteiger partial charge < -0.3 is 10.1 Å². The van der Waals surface area contributed by atoms with Crippen molar-refractivity contribution in [2.45, 2.75) is 9.96 Å². The molecular formula is C15H11BrCl4N2O2. The van der Waals surface area contributed by atoms with Crippen LogP contribution in [0.15, 0.2) is 53.0 Å². The average Bonchev–Trinajstić information content (AvgIpc) is 2.50. The van der Waals surface area contributed by atoms with Gasteiger partial charge in [-0.1, -0.05) is 62.3 Å². The molecule has 0 bridgehead atoms. The molecule has 2 N–H and O–H groups in total. The molecule has 0 saturated carbocycles. The Balaban J connectivity index is 2.04. The predicted octanol–water partition coefficient (Wildman–Crippen LogP) is 6.00. The summed E-state index contributed by atoms with van der Waals surface area (Å²) in [7, 11) is 0. The molecule has 2 aromatic rings. The third-order valence-electron chi connectivity index (χ3n) is 2.77. The highest BCUT2D eigenvalue weighted by Gasteiger charge is 2.34. The minimum absolute atomic E-state index is 0.352. The van der Waals surface area contributed by atoms with Crippen molar-refractivity contribution in [3.63, 3.8) is 0 Å². The molecule has 2 rings (SSSR count). The first-order chi connectivity index (χ1) is 11.2. The van der Waals surface area contributed by atoms with Gasteiger partial charge in [0.2, 0.25) is 3.79 Å². The molecule has 0 unspecified atom stereocenters. The molecule has 128 valence electrons. The van der Waals surface area contributed by atoms with Crippen molar-refractivity contribution in [3.05, 3.63) is 58.0 Å². The number of ether oxygens (including phenoxy) is 1. The number of alkyl halides is 3. The molecule has 9 heteroatoms. The lowest BCUT2D eigenvalue weighted by molar-refractivity contribution is 0.197. The Morgan fingerprint density at radius 3 is 2.17 bits per heavy atom. The zero-order chi connectivity index (χ0) is 17.7. The molecule has 24 heavy (non-hydrogen) atoms. The Morgan fingerprint density at radius 1 is 1.04 bits per heavy atom. The summed E-state index contributed by atoms with van der Waals surface area (Å²) in [5, 5.41) is 5.93. The summed E-state index contributed by atoms with van der Waals surface area (Å²) in [4.78, 5) is 12.0. The summed E-state index contributed by atoms with van der Waals surface area (Å²) >= 11 is 26.9. The standard InChI is InChI=1S/C15H11BrCl4N2O2/c16-9-1-7-12(8-2-9)24-14(23)22-13(15(18,19)20)21-11-5-3-10(17)4-6-11/h1-8,13,21H,(H,22,23)/t13-/m0/s1. The van der Waals surface area contributed by atoms with Gasteiger partial charge in [-0.2, -0.15) is 0 Å². The molecule has 0 spiro atoms. The van der Waals surface area contributed by atoms with E-state index in [9.17, 15) is 4.79 Å². The molecule has 0 radical (unpaired) electrons. The number of anilines is 1. The van der Waals surface area contributed by atoms with Gasteiger partial charge >= 0.3 is 6.09 Å². The second-order valence-corrected chi connectivity index (χ2v) is 8.33. The van der Waals surface area contributed by atoms with E-state index in [1.165, 1.54) is 0 Å². The topological polar surface area (TPSA) is 50.4 Å². The van der Waals surface area contributed by atoms with Crippen molar-refractivity contribution in [2.24, 2.45) is 0 Å². The summed E-state index contributed by atoms with van der Waals surface area (Å²) in [6.07, 6.45) is -1.79. The largest absolute Gasteiger partial charge is 0.414 e. The quantitative estimate of drug-likeness (QED) is 0.424. The molecule has 1 amide bonds. The molecule has 0 aromatic heterocycles. The van der Waals surface area contributed by atoms with E-state index in [-0.39, 0.29) is 0 Å². The number of benzene rings is 2. The van der Waals surface area contributed by atoms with Gasteiger partial charge in [0.15, 0.2) is 0 Å². The SMILES string of the molecule is O=C(N[C@H](Nc1ccc(Cl)cc1)C(Cl)(Cl)Cl)Oc1ccc(Br)cc1. The minimum Gasteiger partial charge on any atom is -0.410 e. The van der Waals surface area contributed by atoms with Crippen molar-refractivity contribution in [3.8, 4) is 5.75 Å². The zero-order valence-electron chi connectivity index (χ0n) is 11.9. The van der Waals surface area contributed by atoms with E-state index in [1.54, 1.807) is 48.5 Å². The van der Waals surface area contributed by atoms with Crippen molar-refractivity contribution >= 4 is 74.1 Å². The first-order valence-corrected chi connectivity index (χ1v) is 8.87. The normalized spacial score (nSPS) is 12.4. The molecule has 0 aliphatic carbocycles. The second-order valence-electron chi connectivity index (χ2n) is 4.61. The Bertz CT molecular complexity index is 690. The van der Waals surface area contributed by atoms with E-state index in [1.807, 2.05) is 0 Å². The lowest BCUT2D eigenvalue weighted by Crippen LogP contribution is -2.50. The number of carbonyl (C=O) groups is 1. The minimum atomic E-state index is -1.81. The van der Waals surface area contributed by atoms with Crippen molar-refractivity contribution < 1.29 is 9.53 Å². The number of carbonyl (C=O) groups excluding carboxylic acids is 1. The van der Waals surface area contributed by atoms with E-state index in [0.717, 1.165) is 4.47 Å². The van der Waals surface area contributed by atoms with Gasteiger partial charge in [-0.25, -0.2) is 4.79 Å². The molecule has 2 aromatic carbocycles. The highest BCUT2D eigenvalue weighted by molar-refractivity contribution is 9.10.